The van der Waals surface area contributed by atoms with E-state index in [-0.39, 0.29) is 24.5 Å². The molecule has 0 radical (unpaired) electrons. The minimum Gasteiger partial charge on any atom is -0.486 e. The SMILES string of the molecule is O=C(CCC(=O)c1ccc2c(c1)OCCO2)Nc1ccc2nc(C3CCC3)[nH]c2c1. The second-order valence-electron chi connectivity index (χ2n) is 7.81. The van der Waals surface area contributed by atoms with Crippen LogP contribution in [0, 0.1) is 0 Å². The van der Waals surface area contributed by atoms with Gasteiger partial charge in [-0.2, -0.15) is 0 Å². The van der Waals surface area contributed by atoms with Crippen LogP contribution in [0.25, 0.3) is 11.0 Å². The third-order valence-electron chi connectivity index (χ3n) is 5.72. The first-order valence-corrected chi connectivity index (χ1v) is 10.4. The molecular formula is C23H23N3O4. The molecule has 7 heteroatoms. The molecule has 154 valence electrons. The van der Waals surface area contributed by atoms with Crippen molar-refractivity contribution >= 4 is 28.4 Å². The maximum absolute atomic E-state index is 12.5. The van der Waals surface area contributed by atoms with Gasteiger partial charge in [-0.1, -0.05) is 6.42 Å². The summed E-state index contributed by atoms with van der Waals surface area (Å²) in [5.41, 5.74) is 3.04. The summed E-state index contributed by atoms with van der Waals surface area (Å²) in [5, 5.41) is 2.87. The van der Waals surface area contributed by atoms with Gasteiger partial charge < -0.3 is 19.8 Å². The molecule has 0 unspecified atom stereocenters. The molecule has 1 amide bonds. The number of hydrogen-bond acceptors (Lipinski definition) is 5. The standard InChI is InChI=1S/C23H23N3O4/c27-19(15-4-8-20-21(12-15)30-11-10-29-20)7-9-22(28)24-16-5-6-17-18(13-16)26-23(25-17)14-2-1-3-14/h4-6,8,12-14H,1-3,7,9-11H2,(H,24,28)(H,25,26). The van der Waals surface area contributed by atoms with Gasteiger partial charge in [0.25, 0.3) is 0 Å². The highest BCUT2D eigenvalue weighted by molar-refractivity contribution is 6.00. The number of rotatable bonds is 6. The van der Waals surface area contributed by atoms with E-state index in [2.05, 4.69) is 15.3 Å². The number of nitrogens with zero attached hydrogens (tertiary/aromatic N) is 1. The minimum absolute atomic E-state index is 0.101. The lowest BCUT2D eigenvalue weighted by Gasteiger charge is -2.22. The van der Waals surface area contributed by atoms with Gasteiger partial charge in [0.15, 0.2) is 17.3 Å². The van der Waals surface area contributed by atoms with Gasteiger partial charge >= 0.3 is 0 Å². The van der Waals surface area contributed by atoms with Crippen LogP contribution in [0.3, 0.4) is 0 Å². The van der Waals surface area contributed by atoms with Gasteiger partial charge in [-0.05, 0) is 49.2 Å². The number of ether oxygens (including phenoxy) is 2. The van der Waals surface area contributed by atoms with E-state index in [0.717, 1.165) is 16.9 Å². The molecule has 2 aliphatic rings. The number of aromatic amines is 1. The third kappa shape index (κ3) is 3.75. The number of fused-ring (bicyclic) bond motifs is 2. The molecule has 0 bridgehead atoms. The number of carbonyl (C=O) groups is 2. The lowest BCUT2D eigenvalue weighted by atomic mass is 9.85. The molecule has 1 fully saturated rings. The minimum atomic E-state index is -0.195. The Labute approximate surface area is 173 Å². The lowest BCUT2D eigenvalue weighted by molar-refractivity contribution is -0.116. The van der Waals surface area contributed by atoms with Crippen molar-refractivity contribution < 1.29 is 19.1 Å². The quantitative estimate of drug-likeness (QED) is 0.600. The molecule has 0 spiro atoms. The van der Waals surface area contributed by atoms with E-state index in [1.807, 2.05) is 18.2 Å². The average Bonchev–Trinajstić information content (AvgIpc) is 3.12. The van der Waals surface area contributed by atoms with Gasteiger partial charge in [0.05, 0.1) is 11.0 Å². The molecule has 7 nitrogen and oxygen atoms in total. The number of H-pyrrole nitrogens is 1. The average molecular weight is 405 g/mol. The molecule has 1 saturated carbocycles. The van der Waals surface area contributed by atoms with E-state index in [9.17, 15) is 9.59 Å². The molecule has 0 saturated heterocycles. The van der Waals surface area contributed by atoms with Gasteiger partial charge in [-0.3, -0.25) is 9.59 Å². The second-order valence-corrected chi connectivity index (χ2v) is 7.81. The molecular weight excluding hydrogens is 382 g/mol. The van der Waals surface area contributed by atoms with E-state index >= 15 is 0 Å². The number of hydrogen-bond donors (Lipinski definition) is 2. The Hall–Kier alpha value is -3.35. The maximum Gasteiger partial charge on any atom is 0.224 e. The molecule has 0 atom stereocenters. The first-order chi connectivity index (χ1) is 14.7. The molecule has 1 aliphatic carbocycles. The Kier molecular flexibility index (Phi) is 4.86. The number of anilines is 1. The van der Waals surface area contributed by atoms with Crippen LogP contribution >= 0.6 is 0 Å². The normalized spacial score (nSPS) is 15.6. The molecule has 5 rings (SSSR count). The Bertz CT molecular complexity index is 1120. The maximum atomic E-state index is 12.5. The summed E-state index contributed by atoms with van der Waals surface area (Å²) >= 11 is 0. The van der Waals surface area contributed by atoms with Crippen molar-refractivity contribution in [2.24, 2.45) is 0 Å². The summed E-state index contributed by atoms with van der Waals surface area (Å²) in [4.78, 5) is 32.8. The fourth-order valence-electron chi connectivity index (χ4n) is 3.79. The van der Waals surface area contributed by atoms with Crippen LogP contribution < -0.4 is 14.8 Å². The summed E-state index contributed by atoms with van der Waals surface area (Å²) < 4.78 is 11.0. The van der Waals surface area contributed by atoms with Crippen molar-refractivity contribution in [2.75, 3.05) is 18.5 Å². The van der Waals surface area contributed by atoms with Gasteiger partial charge in [0, 0.05) is 30.0 Å². The number of amides is 1. The first-order valence-electron chi connectivity index (χ1n) is 10.4. The van der Waals surface area contributed by atoms with Crippen LogP contribution in [-0.4, -0.2) is 34.9 Å². The van der Waals surface area contributed by atoms with Crippen LogP contribution in [0.2, 0.25) is 0 Å². The Morgan fingerprint density at radius 3 is 2.67 bits per heavy atom. The molecule has 1 aromatic heterocycles. The van der Waals surface area contributed by atoms with Gasteiger partial charge in [-0.15, -0.1) is 0 Å². The van der Waals surface area contributed by atoms with Crippen LogP contribution in [0.5, 0.6) is 11.5 Å². The second kappa shape index (κ2) is 7.82. The van der Waals surface area contributed by atoms with Gasteiger partial charge in [0.2, 0.25) is 5.91 Å². The smallest absolute Gasteiger partial charge is 0.224 e. The third-order valence-corrected chi connectivity index (χ3v) is 5.72. The van der Waals surface area contributed by atoms with Crippen molar-refractivity contribution in [2.45, 2.75) is 38.0 Å². The number of nitrogens with one attached hydrogen (secondary N) is 2. The Morgan fingerprint density at radius 2 is 1.87 bits per heavy atom. The van der Waals surface area contributed by atoms with Gasteiger partial charge in [0.1, 0.15) is 19.0 Å². The fourth-order valence-corrected chi connectivity index (χ4v) is 3.79. The van der Waals surface area contributed by atoms with Crippen molar-refractivity contribution in [3.05, 3.63) is 47.8 Å². The molecule has 2 heterocycles. The monoisotopic (exact) mass is 405 g/mol. The zero-order valence-corrected chi connectivity index (χ0v) is 16.6. The summed E-state index contributed by atoms with van der Waals surface area (Å²) in [5.74, 6) is 2.48. The van der Waals surface area contributed by atoms with Crippen molar-refractivity contribution in [3.8, 4) is 11.5 Å². The zero-order valence-electron chi connectivity index (χ0n) is 16.6. The summed E-state index contributed by atoms with van der Waals surface area (Å²) in [6.07, 6.45) is 3.86. The van der Waals surface area contributed by atoms with Crippen molar-refractivity contribution in [1.82, 2.24) is 9.97 Å². The van der Waals surface area contributed by atoms with Crippen LogP contribution in [0.1, 0.15) is 54.2 Å². The summed E-state index contributed by atoms with van der Waals surface area (Å²) in [6.45, 7) is 0.975. The lowest BCUT2D eigenvalue weighted by Crippen LogP contribution is -2.16. The Morgan fingerprint density at radius 1 is 1.03 bits per heavy atom. The van der Waals surface area contributed by atoms with Crippen LogP contribution in [0.15, 0.2) is 36.4 Å². The molecule has 3 aromatic rings. The number of ketones is 1. The van der Waals surface area contributed by atoms with E-state index in [0.29, 0.717) is 41.9 Å². The van der Waals surface area contributed by atoms with E-state index in [1.54, 1.807) is 18.2 Å². The van der Waals surface area contributed by atoms with Crippen LogP contribution in [0.4, 0.5) is 5.69 Å². The highest BCUT2D eigenvalue weighted by atomic mass is 16.6. The number of Topliss-reactive ketones (excluding diaryl/α,β-unsaturated/α-hetero) is 1. The highest BCUT2D eigenvalue weighted by Crippen LogP contribution is 2.35. The number of carbonyl (C=O) groups excluding carboxylic acids is 2. The molecule has 2 N–H and O–H groups in total. The molecule has 30 heavy (non-hydrogen) atoms. The highest BCUT2D eigenvalue weighted by Gasteiger charge is 2.22. The summed E-state index contributed by atoms with van der Waals surface area (Å²) in [6, 6.07) is 10.8. The van der Waals surface area contributed by atoms with E-state index in [4.69, 9.17) is 9.47 Å². The molecule has 1 aliphatic heterocycles. The van der Waals surface area contributed by atoms with Crippen LogP contribution in [-0.2, 0) is 4.79 Å². The summed E-state index contributed by atoms with van der Waals surface area (Å²) in [7, 11) is 0. The Balaban J connectivity index is 1.19. The van der Waals surface area contributed by atoms with Gasteiger partial charge in [-0.25, -0.2) is 4.98 Å². The van der Waals surface area contributed by atoms with Crippen molar-refractivity contribution in [1.29, 1.82) is 0 Å². The topological polar surface area (TPSA) is 93.3 Å². The van der Waals surface area contributed by atoms with E-state index in [1.165, 1.54) is 19.3 Å². The molecule has 2 aromatic carbocycles. The van der Waals surface area contributed by atoms with Crippen molar-refractivity contribution in [3.63, 3.8) is 0 Å². The fraction of sp³-hybridized carbons (Fsp3) is 0.348. The first kappa shape index (κ1) is 18.7. The predicted octanol–water partition coefficient (Wildman–Crippen LogP) is 4.20. The number of aromatic nitrogens is 2. The largest absolute Gasteiger partial charge is 0.486 e. The number of imidazole rings is 1. The predicted molar refractivity (Wildman–Crippen MR) is 112 cm³/mol. The van der Waals surface area contributed by atoms with E-state index < -0.39 is 0 Å². The number of benzene rings is 2. The zero-order chi connectivity index (χ0) is 20.5.